The van der Waals surface area contributed by atoms with Gasteiger partial charge in [0, 0.05) is 59.5 Å². The van der Waals surface area contributed by atoms with E-state index in [2.05, 4.69) is 146 Å². The molecular weight excluding hydrogens is 579 g/mol. The molecule has 218 valence electrons. The van der Waals surface area contributed by atoms with Crippen molar-refractivity contribution in [1.82, 2.24) is 0 Å². The number of rotatable bonds is 3. The molecule has 2 heterocycles. The monoisotopic (exact) mass is 607 g/mol. The van der Waals surface area contributed by atoms with E-state index in [1.165, 1.54) is 53.2 Å². The molecule has 1 aliphatic carbocycles. The van der Waals surface area contributed by atoms with E-state index in [0.29, 0.717) is 0 Å². The Morgan fingerprint density at radius 3 is 2.11 bits per heavy atom. The highest BCUT2D eigenvalue weighted by atomic mass is 32.1. The number of hydrogen-bond acceptors (Lipinski definition) is 3. The van der Waals surface area contributed by atoms with E-state index < -0.39 is 0 Å². The largest absolute Gasteiger partial charge is 0.456 e. The second-order valence-electron chi connectivity index (χ2n) is 13.0. The van der Waals surface area contributed by atoms with Crippen LogP contribution >= 0.6 is 11.3 Å². The molecule has 3 heteroatoms. The zero-order chi connectivity index (χ0) is 30.6. The van der Waals surface area contributed by atoms with Crippen LogP contribution < -0.4 is 4.90 Å². The highest BCUT2D eigenvalue weighted by Gasteiger charge is 2.35. The first kappa shape index (κ1) is 25.9. The Labute approximate surface area is 270 Å². The summed E-state index contributed by atoms with van der Waals surface area (Å²) in [5.41, 5.74) is 10.4. The zero-order valence-corrected chi connectivity index (χ0v) is 26.4. The van der Waals surface area contributed by atoms with Crippen molar-refractivity contribution in [2.75, 3.05) is 4.90 Å². The molecule has 7 aromatic carbocycles. The fraction of sp³-hybridized carbons (Fsp3) is 0.0698. The van der Waals surface area contributed by atoms with Gasteiger partial charge in [-0.15, -0.1) is 11.3 Å². The zero-order valence-electron chi connectivity index (χ0n) is 25.5. The highest BCUT2D eigenvalue weighted by Crippen LogP contribution is 2.51. The summed E-state index contributed by atoms with van der Waals surface area (Å²) in [7, 11) is 0. The number of para-hydroxylation sites is 1. The van der Waals surface area contributed by atoms with Crippen molar-refractivity contribution in [3.05, 3.63) is 151 Å². The molecular formula is C43H29NOS. The minimum absolute atomic E-state index is 0.0958. The van der Waals surface area contributed by atoms with Crippen LogP contribution in [0.25, 0.3) is 64.0 Å². The molecule has 0 aliphatic heterocycles. The van der Waals surface area contributed by atoms with Crippen LogP contribution in [0.1, 0.15) is 25.0 Å². The maximum atomic E-state index is 6.40. The van der Waals surface area contributed by atoms with E-state index in [1.54, 1.807) is 0 Å². The molecule has 2 aromatic heterocycles. The number of fused-ring (bicyclic) bond motifs is 11. The third-order valence-electron chi connectivity index (χ3n) is 10.0. The van der Waals surface area contributed by atoms with Gasteiger partial charge in [-0.05, 0) is 87.6 Å². The van der Waals surface area contributed by atoms with Gasteiger partial charge in [0.2, 0.25) is 0 Å². The lowest BCUT2D eigenvalue weighted by atomic mass is 9.82. The van der Waals surface area contributed by atoms with Crippen molar-refractivity contribution >= 4 is 81.3 Å². The lowest BCUT2D eigenvalue weighted by Crippen LogP contribution is -2.16. The first-order valence-electron chi connectivity index (χ1n) is 15.8. The van der Waals surface area contributed by atoms with E-state index in [0.717, 1.165) is 39.0 Å². The van der Waals surface area contributed by atoms with E-state index in [-0.39, 0.29) is 5.41 Å². The Morgan fingerprint density at radius 1 is 0.500 bits per heavy atom. The Balaban J connectivity index is 1.23. The average Bonchev–Trinajstić information content (AvgIpc) is 3.73. The summed E-state index contributed by atoms with van der Waals surface area (Å²) in [5, 5.41) is 7.45. The van der Waals surface area contributed by atoms with Gasteiger partial charge >= 0.3 is 0 Å². The molecule has 0 fully saturated rings. The van der Waals surface area contributed by atoms with E-state index in [4.69, 9.17) is 4.42 Å². The normalized spacial score (nSPS) is 13.6. The van der Waals surface area contributed by atoms with Crippen molar-refractivity contribution in [2.45, 2.75) is 19.3 Å². The van der Waals surface area contributed by atoms with Crippen LogP contribution in [0.5, 0.6) is 0 Å². The number of benzene rings is 7. The van der Waals surface area contributed by atoms with Crippen LogP contribution in [0.3, 0.4) is 0 Å². The Morgan fingerprint density at radius 2 is 1.17 bits per heavy atom. The van der Waals surface area contributed by atoms with Gasteiger partial charge in [0.1, 0.15) is 11.2 Å². The molecule has 2 nitrogen and oxygen atoms in total. The number of thiophene rings is 1. The molecule has 0 atom stereocenters. The van der Waals surface area contributed by atoms with Gasteiger partial charge in [0.05, 0.1) is 0 Å². The molecule has 0 radical (unpaired) electrons. The van der Waals surface area contributed by atoms with Crippen molar-refractivity contribution in [1.29, 1.82) is 0 Å². The van der Waals surface area contributed by atoms with Gasteiger partial charge in [-0.25, -0.2) is 0 Å². The van der Waals surface area contributed by atoms with Crippen LogP contribution in [0.4, 0.5) is 17.1 Å². The molecule has 0 bridgehead atoms. The lowest BCUT2D eigenvalue weighted by Gasteiger charge is -2.28. The summed E-state index contributed by atoms with van der Waals surface area (Å²) >= 11 is 1.87. The third-order valence-corrected chi connectivity index (χ3v) is 11.2. The first-order valence-corrected chi connectivity index (χ1v) is 16.7. The SMILES string of the molecule is CC1(C)c2ccccc2-c2ccc(N(c3ccc4c(c3)oc3ccccc34)c3ccc4ccc5sc6ccccc6c5c4c3)cc21. The summed E-state index contributed by atoms with van der Waals surface area (Å²) in [4.78, 5) is 2.40. The van der Waals surface area contributed by atoms with Crippen molar-refractivity contribution in [3.63, 3.8) is 0 Å². The smallest absolute Gasteiger partial charge is 0.137 e. The van der Waals surface area contributed by atoms with Crippen LogP contribution in [-0.4, -0.2) is 0 Å². The predicted octanol–water partition coefficient (Wildman–Crippen LogP) is 12.9. The average molecular weight is 608 g/mol. The van der Waals surface area contributed by atoms with E-state index in [9.17, 15) is 0 Å². The summed E-state index contributed by atoms with van der Waals surface area (Å²) in [6.45, 7) is 4.70. The maximum Gasteiger partial charge on any atom is 0.137 e. The number of nitrogens with zero attached hydrogens (tertiary/aromatic N) is 1. The molecule has 1 aliphatic rings. The minimum Gasteiger partial charge on any atom is -0.456 e. The quantitative estimate of drug-likeness (QED) is 0.199. The molecule has 0 spiro atoms. The summed E-state index contributed by atoms with van der Waals surface area (Å²) in [6, 6.07) is 51.0. The lowest BCUT2D eigenvalue weighted by molar-refractivity contribution is 0.660. The third kappa shape index (κ3) is 3.58. The standard InChI is InChI=1S/C43H29NOS/c1-43(2)36-12-6-3-9-30(36)31-20-18-28(24-37(31)43)44(29-19-21-33-32-10-4-7-13-38(32)45-39(33)25-29)27-17-15-26-16-22-41-42(35(26)23-27)34-11-5-8-14-40(34)46-41/h3-25H,1-2H3. The highest BCUT2D eigenvalue weighted by molar-refractivity contribution is 7.26. The number of hydrogen-bond donors (Lipinski definition) is 0. The fourth-order valence-corrected chi connectivity index (χ4v) is 8.92. The van der Waals surface area contributed by atoms with Gasteiger partial charge in [-0.3, -0.25) is 0 Å². The topological polar surface area (TPSA) is 16.4 Å². The van der Waals surface area contributed by atoms with Gasteiger partial charge in [-0.2, -0.15) is 0 Å². The number of furan rings is 1. The fourth-order valence-electron chi connectivity index (χ4n) is 7.80. The van der Waals surface area contributed by atoms with Crippen LogP contribution in [0.2, 0.25) is 0 Å². The predicted molar refractivity (Wildman–Crippen MR) is 196 cm³/mol. The van der Waals surface area contributed by atoms with Crippen molar-refractivity contribution in [2.24, 2.45) is 0 Å². The Kier molecular flexibility index (Phi) is 5.25. The Bertz CT molecular complexity index is 2690. The minimum atomic E-state index is -0.0958. The first-order chi connectivity index (χ1) is 22.5. The summed E-state index contributed by atoms with van der Waals surface area (Å²) < 4.78 is 9.04. The number of anilines is 3. The van der Waals surface area contributed by atoms with Gasteiger partial charge < -0.3 is 9.32 Å². The molecule has 0 amide bonds. The molecule has 0 saturated heterocycles. The molecule has 10 rings (SSSR count). The second-order valence-corrected chi connectivity index (χ2v) is 14.0. The molecule has 46 heavy (non-hydrogen) atoms. The molecule has 9 aromatic rings. The van der Waals surface area contributed by atoms with Gasteiger partial charge in [0.15, 0.2) is 0 Å². The van der Waals surface area contributed by atoms with E-state index >= 15 is 0 Å². The van der Waals surface area contributed by atoms with Gasteiger partial charge in [0.25, 0.3) is 0 Å². The summed E-state index contributed by atoms with van der Waals surface area (Å²) in [5.74, 6) is 0. The van der Waals surface area contributed by atoms with Crippen molar-refractivity contribution < 1.29 is 4.42 Å². The Hall–Kier alpha value is -5.38. The van der Waals surface area contributed by atoms with E-state index in [1.807, 2.05) is 23.5 Å². The van der Waals surface area contributed by atoms with Crippen LogP contribution in [-0.2, 0) is 5.41 Å². The molecule has 0 unspecified atom stereocenters. The van der Waals surface area contributed by atoms with Crippen LogP contribution in [0, 0.1) is 0 Å². The van der Waals surface area contributed by atoms with Gasteiger partial charge in [-0.1, -0.05) is 92.7 Å². The maximum absolute atomic E-state index is 6.40. The molecule has 0 saturated carbocycles. The van der Waals surface area contributed by atoms with Crippen molar-refractivity contribution in [3.8, 4) is 11.1 Å². The second kappa shape index (κ2) is 9.32. The summed E-state index contributed by atoms with van der Waals surface area (Å²) in [6.07, 6.45) is 0. The van der Waals surface area contributed by atoms with Crippen LogP contribution in [0.15, 0.2) is 144 Å². The molecule has 0 N–H and O–H groups in total.